The average molecular weight is 333 g/mol. The first kappa shape index (κ1) is 16.4. The second kappa shape index (κ2) is 6.57. The lowest BCUT2D eigenvalue weighted by Crippen LogP contribution is -2.45. The largest absolute Gasteiger partial charge is 0.435 e. The highest BCUT2D eigenvalue weighted by molar-refractivity contribution is 5.94. The summed E-state index contributed by atoms with van der Waals surface area (Å²) in [4.78, 5) is 4.19. The van der Waals surface area contributed by atoms with Crippen LogP contribution in [0.4, 0.5) is 14.5 Å². The van der Waals surface area contributed by atoms with Gasteiger partial charge < -0.3 is 14.8 Å². The van der Waals surface area contributed by atoms with Gasteiger partial charge >= 0.3 is 6.61 Å². The van der Waals surface area contributed by atoms with Crippen molar-refractivity contribution in [3.05, 3.63) is 30.0 Å². The van der Waals surface area contributed by atoms with E-state index in [0.29, 0.717) is 28.7 Å². The van der Waals surface area contributed by atoms with Crippen LogP contribution in [0.5, 0.6) is 5.75 Å². The normalized spacial score (nSPS) is 15.8. The minimum Gasteiger partial charge on any atom is -0.435 e. The SMILES string of the molecule is COC1(CNc2c(C#N)cnc3ccc(OC(F)F)cc23)CCC1. The summed E-state index contributed by atoms with van der Waals surface area (Å²) in [6.07, 6.45) is 4.46. The van der Waals surface area contributed by atoms with Crippen LogP contribution in [0.25, 0.3) is 10.9 Å². The molecule has 1 fully saturated rings. The third kappa shape index (κ3) is 3.10. The fourth-order valence-corrected chi connectivity index (χ4v) is 2.90. The molecule has 126 valence electrons. The number of methoxy groups -OCH3 is 1. The highest BCUT2D eigenvalue weighted by Gasteiger charge is 2.37. The predicted octanol–water partition coefficient (Wildman–Crippen LogP) is 3.69. The third-order valence-corrected chi connectivity index (χ3v) is 4.47. The van der Waals surface area contributed by atoms with Crippen LogP contribution >= 0.6 is 0 Å². The van der Waals surface area contributed by atoms with Gasteiger partial charge in [0.1, 0.15) is 11.8 Å². The Bertz CT molecular complexity index is 780. The van der Waals surface area contributed by atoms with E-state index in [0.717, 1.165) is 19.3 Å². The maximum absolute atomic E-state index is 12.4. The van der Waals surface area contributed by atoms with Crippen LogP contribution in [0.3, 0.4) is 0 Å². The van der Waals surface area contributed by atoms with Gasteiger partial charge in [0.2, 0.25) is 0 Å². The molecule has 0 spiro atoms. The van der Waals surface area contributed by atoms with E-state index in [9.17, 15) is 14.0 Å². The Labute approximate surface area is 138 Å². The van der Waals surface area contributed by atoms with Gasteiger partial charge in [0.25, 0.3) is 0 Å². The predicted molar refractivity (Wildman–Crippen MR) is 85.2 cm³/mol. The molecule has 0 aliphatic heterocycles. The molecule has 24 heavy (non-hydrogen) atoms. The van der Waals surface area contributed by atoms with Crippen molar-refractivity contribution in [2.24, 2.45) is 0 Å². The van der Waals surface area contributed by atoms with Gasteiger partial charge in [-0.05, 0) is 37.5 Å². The van der Waals surface area contributed by atoms with Gasteiger partial charge in [0.15, 0.2) is 0 Å². The van der Waals surface area contributed by atoms with Crippen LogP contribution in [0.2, 0.25) is 0 Å². The molecule has 3 rings (SSSR count). The molecular weight excluding hydrogens is 316 g/mol. The lowest BCUT2D eigenvalue weighted by molar-refractivity contribution is -0.0601. The molecule has 7 heteroatoms. The number of ether oxygens (including phenoxy) is 2. The maximum Gasteiger partial charge on any atom is 0.387 e. The molecule has 1 saturated carbocycles. The van der Waals surface area contributed by atoms with Crippen molar-refractivity contribution in [1.29, 1.82) is 5.26 Å². The highest BCUT2D eigenvalue weighted by Crippen LogP contribution is 2.36. The molecule has 1 aliphatic rings. The Balaban J connectivity index is 1.97. The van der Waals surface area contributed by atoms with Crippen LogP contribution in [-0.2, 0) is 4.74 Å². The Morgan fingerprint density at radius 3 is 2.79 bits per heavy atom. The van der Waals surface area contributed by atoms with E-state index in [1.165, 1.54) is 18.3 Å². The van der Waals surface area contributed by atoms with Crippen LogP contribution < -0.4 is 10.1 Å². The van der Waals surface area contributed by atoms with Gasteiger partial charge in [-0.1, -0.05) is 0 Å². The average Bonchev–Trinajstić information content (AvgIpc) is 2.53. The summed E-state index contributed by atoms with van der Waals surface area (Å²) in [6.45, 7) is -2.37. The second-order valence-corrected chi connectivity index (χ2v) is 5.81. The minimum atomic E-state index is -2.90. The quantitative estimate of drug-likeness (QED) is 0.873. The summed E-state index contributed by atoms with van der Waals surface area (Å²) in [5, 5.41) is 13.2. The first-order valence-electron chi connectivity index (χ1n) is 7.63. The van der Waals surface area contributed by atoms with E-state index in [2.05, 4.69) is 21.1 Å². The summed E-state index contributed by atoms with van der Waals surface area (Å²) in [6, 6.07) is 6.58. The number of benzene rings is 1. The van der Waals surface area contributed by atoms with Crippen LogP contribution in [0.15, 0.2) is 24.4 Å². The smallest absolute Gasteiger partial charge is 0.387 e. The van der Waals surface area contributed by atoms with Crippen molar-refractivity contribution in [2.45, 2.75) is 31.5 Å². The van der Waals surface area contributed by atoms with Gasteiger partial charge in [0, 0.05) is 25.2 Å². The number of rotatable bonds is 6. The van der Waals surface area contributed by atoms with Crippen molar-refractivity contribution in [2.75, 3.05) is 19.0 Å². The third-order valence-electron chi connectivity index (χ3n) is 4.47. The maximum atomic E-state index is 12.4. The van der Waals surface area contributed by atoms with E-state index < -0.39 is 6.61 Å². The molecule has 0 unspecified atom stereocenters. The monoisotopic (exact) mass is 333 g/mol. The number of halogens is 2. The molecule has 5 nitrogen and oxygen atoms in total. The van der Waals surface area contributed by atoms with E-state index >= 15 is 0 Å². The molecule has 1 N–H and O–H groups in total. The standard InChI is InChI=1S/C17H17F2N3O2/c1-23-17(5-2-6-17)10-22-15-11(8-20)9-21-14-4-3-12(7-13(14)15)24-16(18)19/h3-4,7,9,16H,2,5-6,10H2,1H3,(H,21,22). The number of nitrogens with one attached hydrogen (secondary N) is 1. The molecule has 0 atom stereocenters. The molecule has 2 aromatic rings. The van der Waals surface area contributed by atoms with Crippen molar-refractivity contribution >= 4 is 16.6 Å². The molecule has 1 aromatic carbocycles. The lowest BCUT2D eigenvalue weighted by Gasteiger charge is -2.40. The molecule has 1 aromatic heterocycles. The summed E-state index contributed by atoms with van der Waals surface area (Å²) < 4.78 is 34.9. The number of aromatic nitrogens is 1. The minimum absolute atomic E-state index is 0.0301. The molecule has 0 bridgehead atoms. The summed E-state index contributed by atoms with van der Waals surface area (Å²) in [5.41, 5.74) is 1.27. The Morgan fingerprint density at radius 2 is 2.21 bits per heavy atom. The molecule has 1 heterocycles. The summed E-state index contributed by atoms with van der Waals surface area (Å²) >= 11 is 0. The second-order valence-electron chi connectivity index (χ2n) is 5.81. The number of pyridine rings is 1. The van der Waals surface area contributed by atoms with Gasteiger partial charge in [-0.15, -0.1) is 0 Å². The molecular formula is C17H17F2N3O2. The number of anilines is 1. The number of nitriles is 1. The molecule has 1 aliphatic carbocycles. The zero-order valence-corrected chi connectivity index (χ0v) is 13.2. The fraction of sp³-hybridized carbons (Fsp3) is 0.412. The lowest BCUT2D eigenvalue weighted by atomic mass is 9.80. The van der Waals surface area contributed by atoms with Crippen molar-refractivity contribution in [3.63, 3.8) is 0 Å². The van der Waals surface area contributed by atoms with Gasteiger partial charge in [-0.3, -0.25) is 4.98 Å². The van der Waals surface area contributed by atoms with Gasteiger partial charge in [-0.25, -0.2) is 0 Å². The number of fused-ring (bicyclic) bond motifs is 1. The topological polar surface area (TPSA) is 67.2 Å². The van der Waals surface area contributed by atoms with E-state index in [1.54, 1.807) is 13.2 Å². The molecule has 0 saturated heterocycles. The van der Waals surface area contributed by atoms with Crippen molar-refractivity contribution in [3.8, 4) is 11.8 Å². The van der Waals surface area contributed by atoms with E-state index in [4.69, 9.17) is 4.74 Å². The zero-order chi connectivity index (χ0) is 17.2. The Hall–Kier alpha value is -2.46. The number of hydrogen-bond acceptors (Lipinski definition) is 5. The Kier molecular flexibility index (Phi) is 4.49. The number of nitrogens with zero attached hydrogens (tertiary/aromatic N) is 2. The Morgan fingerprint density at radius 1 is 1.42 bits per heavy atom. The number of hydrogen-bond donors (Lipinski definition) is 1. The van der Waals surface area contributed by atoms with E-state index in [-0.39, 0.29) is 11.4 Å². The summed E-state index contributed by atoms with van der Waals surface area (Å²) in [7, 11) is 1.67. The van der Waals surface area contributed by atoms with Crippen LogP contribution in [0, 0.1) is 11.3 Å². The van der Waals surface area contributed by atoms with Gasteiger partial charge in [0.05, 0.1) is 22.4 Å². The summed E-state index contributed by atoms with van der Waals surface area (Å²) in [5.74, 6) is 0.0301. The first-order valence-corrected chi connectivity index (χ1v) is 7.63. The van der Waals surface area contributed by atoms with Crippen LogP contribution in [-0.4, -0.2) is 30.9 Å². The fourth-order valence-electron chi connectivity index (χ4n) is 2.90. The molecule has 0 radical (unpaired) electrons. The van der Waals surface area contributed by atoms with E-state index in [1.807, 2.05) is 0 Å². The van der Waals surface area contributed by atoms with Crippen molar-refractivity contribution in [1.82, 2.24) is 4.98 Å². The van der Waals surface area contributed by atoms with Crippen molar-refractivity contribution < 1.29 is 18.3 Å². The first-order chi connectivity index (χ1) is 11.6. The zero-order valence-electron chi connectivity index (χ0n) is 13.2. The van der Waals surface area contributed by atoms with Crippen LogP contribution in [0.1, 0.15) is 24.8 Å². The number of alkyl halides is 2. The molecule has 0 amide bonds. The highest BCUT2D eigenvalue weighted by atomic mass is 19.3. The van der Waals surface area contributed by atoms with Gasteiger partial charge in [-0.2, -0.15) is 14.0 Å².